The first-order chi connectivity index (χ1) is 5.23. The summed E-state index contributed by atoms with van der Waals surface area (Å²) in [4.78, 5) is 0. The minimum atomic E-state index is 0.374. The lowest BCUT2D eigenvalue weighted by atomic mass is 9.98. The van der Waals surface area contributed by atoms with Gasteiger partial charge in [-0.05, 0) is 18.3 Å². The Kier molecular flexibility index (Phi) is 2.54. The standard InChI is InChI=1S/C10H17N/c1-3-4-5-6-10(2)7-9(10)8-11/h9H,3-7H2,1-2H3. The molecule has 0 radical (unpaired) electrons. The van der Waals surface area contributed by atoms with Gasteiger partial charge in [-0.15, -0.1) is 0 Å². The second-order valence-electron chi connectivity index (χ2n) is 4.00. The molecule has 1 heteroatoms. The van der Waals surface area contributed by atoms with E-state index in [-0.39, 0.29) is 0 Å². The van der Waals surface area contributed by atoms with E-state index >= 15 is 0 Å². The van der Waals surface area contributed by atoms with Crippen LogP contribution in [-0.4, -0.2) is 0 Å². The fourth-order valence-corrected chi connectivity index (χ4v) is 1.66. The molecule has 1 saturated carbocycles. The zero-order chi connectivity index (χ0) is 8.32. The summed E-state index contributed by atoms with van der Waals surface area (Å²) < 4.78 is 0. The molecule has 11 heavy (non-hydrogen) atoms. The van der Waals surface area contributed by atoms with E-state index in [1.54, 1.807) is 0 Å². The van der Waals surface area contributed by atoms with Gasteiger partial charge in [0.25, 0.3) is 0 Å². The highest BCUT2D eigenvalue weighted by molar-refractivity contribution is 5.09. The van der Waals surface area contributed by atoms with Crippen molar-refractivity contribution >= 4 is 0 Å². The monoisotopic (exact) mass is 151 g/mol. The number of unbranched alkanes of at least 4 members (excludes halogenated alkanes) is 2. The SMILES string of the molecule is CCCCCC1(C)CC1C#N. The molecule has 0 heterocycles. The van der Waals surface area contributed by atoms with Crippen molar-refractivity contribution in [3.8, 4) is 6.07 Å². The summed E-state index contributed by atoms with van der Waals surface area (Å²) in [5, 5.41) is 8.65. The molecule has 2 atom stereocenters. The van der Waals surface area contributed by atoms with Crippen LogP contribution in [-0.2, 0) is 0 Å². The molecule has 1 nitrogen and oxygen atoms in total. The topological polar surface area (TPSA) is 23.8 Å². The molecule has 1 aliphatic rings. The molecule has 0 aliphatic heterocycles. The van der Waals surface area contributed by atoms with Gasteiger partial charge in [-0.25, -0.2) is 0 Å². The number of hydrogen-bond acceptors (Lipinski definition) is 1. The minimum Gasteiger partial charge on any atom is -0.198 e. The summed E-state index contributed by atoms with van der Waals surface area (Å²) in [6, 6.07) is 2.36. The van der Waals surface area contributed by atoms with Crippen LogP contribution in [0.4, 0.5) is 0 Å². The Bertz CT molecular complexity index is 168. The Morgan fingerprint density at radius 1 is 1.55 bits per heavy atom. The van der Waals surface area contributed by atoms with Crippen molar-refractivity contribution in [3.63, 3.8) is 0 Å². The number of hydrogen-bond donors (Lipinski definition) is 0. The lowest BCUT2D eigenvalue weighted by Crippen LogP contribution is -1.96. The van der Waals surface area contributed by atoms with Gasteiger partial charge in [-0.2, -0.15) is 5.26 Å². The Morgan fingerprint density at radius 2 is 2.27 bits per heavy atom. The summed E-state index contributed by atoms with van der Waals surface area (Å²) in [6.07, 6.45) is 6.33. The highest BCUT2D eigenvalue weighted by atomic mass is 14.5. The molecule has 0 N–H and O–H groups in total. The van der Waals surface area contributed by atoms with Crippen LogP contribution in [0.15, 0.2) is 0 Å². The van der Waals surface area contributed by atoms with Crippen molar-refractivity contribution in [1.82, 2.24) is 0 Å². The van der Waals surface area contributed by atoms with Gasteiger partial charge in [0.15, 0.2) is 0 Å². The lowest BCUT2D eigenvalue weighted by Gasteiger charge is -2.06. The maximum absolute atomic E-state index is 8.65. The van der Waals surface area contributed by atoms with Crippen LogP contribution >= 0.6 is 0 Å². The molecule has 0 aromatic carbocycles. The fraction of sp³-hybridized carbons (Fsp3) is 0.900. The Labute approximate surface area is 69.4 Å². The van der Waals surface area contributed by atoms with Crippen LogP contribution in [0.2, 0.25) is 0 Å². The highest BCUT2D eigenvalue weighted by Crippen LogP contribution is 2.55. The molecule has 1 aliphatic carbocycles. The van der Waals surface area contributed by atoms with Crippen LogP contribution in [0, 0.1) is 22.7 Å². The van der Waals surface area contributed by atoms with E-state index in [9.17, 15) is 0 Å². The van der Waals surface area contributed by atoms with E-state index in [0.29, 0.717) is 11.3 Å². The Balaban J connectivity index is 2.14. The van der Waals surface area contributed by atoms with Crippen molar-refractivity contribution in [1.29, 1.82) is 5.26 Å². The molecular formula is C10H17N. The summed E-state index contributed by atoms with van der Waals surface area (Å²) in [5.74, 6) is 0.374. The molecule has 1 rings (SSSR count). The van der Waals surface area contributed by atoms with Gasteiger partial charge in [-0.1, -0.05) is 33.1 Å². The zero-order valence-corrected chi connectivity index (χ0v) is 7.56. The molecule has 0 aromatic heterocycles. The summed E-state index contributed by atoms with van der Waals surface area (Å²) in [5.41, 5.74) is 0.407. The Morgan fingerprint density at radius 3 is 2.73 bits per heavy atom. The van der Waals surface area contributed by atoms with E-state index in [4.69, 9.17) is 5.26 Å². The average molecular weight is 151 g/mol. The molecule has 62 valence electrons. The zero-order valence-electron chi connectivity index (χ0n) is 7.56. The maximum atomic E-state index is 8.65. The van der Waals surface area contributed by atoms with Crippen LogP contribution < -0.4 is 0 Å². The summed E-state index contributed by atoms with van der Waals surface area (Å²) >= 11 is 0. The Hall–Kier alpha value is -0.510. The molecule has 1 fully saturated rings. The van der Waals surface area contributed by atoms with Crippen molar-refractivity contribution in [2.24, 2.45) is 11.3 Å². The average Bonchev–Trinajstić information content (AvgIpc) is 2.63. The molecular weight excluding hydrogens is 134 g/mol. The molecule has 0 aromatic rings. The minimum absolute atomic E-state index is 0.374. The van der Waals surface area contributed by atoms with E-state index in [1.807, 2.05) is 0 Å². The molecule has 0 amide bonds. The maximum Gasteiger partial charge on any atom is 0.0661 e. The van der Waals surface area contributed by atoms with Crippen LogP contribution in [0.3, 0.4) is 0 Å². The quantitative estimate of drug-likeness (QED) is 0.566. The van der Waals surface area contributed by atoms with Gasteiger partial charge < -0.3 is 0 Å². The largest absolute Gasteiger partial charge is 0.198 e. The fourth-order valence-electron chi connectivity index (χ4n) is 1.66. The lowest BCUT2D eigenvalue weighted by molar-refractivity contribution is 0.460. The van der Waals surface area contributed by atoms with Crippen molar-refractivity contribution in [2.75, 3.05) is 0 Å². The van der Waals surface area contributed by atoms with Crippen molar-refractivity contribution in [2.45, 2.75) is 46.0 Å². The number of nitrogens with zero attached hydrogens (tertiary/aromatic N) is 1. The number of nitriles is 1. The van der Waals surface area contributed by atoms with Crippen LogP contribution in [0.25, 0.3) is 0 Å². The third kappa shape index (κ3) is 1.96. The van der Waals surface area contributed by atoms with Crippen molar-refractivity contribution in [3.05, 3.63) is 0 Å². The third-order valence-electron chi connectivity index (χ3n) is 2.86. The van der Waals surface area contributed by atoms with Gasteiger partial charge in [0.2, 0.25) is 0 Å². The van der Waals surface area contributed by atoms with Gasteiger partial charge in [0, 0.05) is 0 Å². The summed E-state index contributed by atoms with van der Waals surface area (Å²) in [6.45, 7) is 4.47. The van der Waals surface area contributed by atoms with Gasteiger partial charge in [0.1, 0.15) is 0 Å². The van der Waals surface area contributed by atoms with Crippen LogP contribution in [0.1, 0.15) is 46.0 Å². The van der Waals surface area contributed by atoms with Gasteiger partial charge >= 0.3 is 0 Å². The third-order valence-corrected chi connectivity index (χ3v) is 2.86. The second kappa shape index (κ2) is 3.26. The smallest absolute Gasteiger partial charge is 0.0661 e. The number of rotatable bonds is 4. The first kappa shape index (κ1) is 8.59. The highest BCUT2D eigenvalue weighted by Gasteiger charge is 2.49. The van der Waals surface area contributed by atoms with E-state index in [2.05, 4.69) is 19.9 Å². The molecule has 0 bridgehead atoms. The first-order valence-electron chi connectivity index (χ1n) is 4.62. The van der Waals surface area contributed by atoms with Crippen molar-refractivity contribution < 1.29 is 0 Å². The molecule has 0 saturated heterocycles. The predicted molar refractivity (Wildman–Crippen MR) is 46.0 cm³/mol. The summed E-state index contributed by atoms with van der Waals surface area (Å²) in [7, 11) is 0. The van der Waals surface area contributed by atoms with E-state index < -0.39 is 0 Å². The predicted octanol–water partition coefficient (Wildman–Crippen LogP) is 3.12. The normalized spacial score (nSPS) is 34.8. The van der Waals surface area contributed by atoms with Crippen LogP contribution in [0.5, 0.6) is 0 Å². The molecule has 0 spiro atoms. The second-order valence-corrected chi connectivity index (χ2v) is 4.00. The van der Waals surface area contributed by atoms with E-state index in [0.717, 1.165) is 6.42 Å². The first-order valence-corrected chi connectivity index (χ1v) is 4.62. The van der Waals surface area contributed by atoms with Gasteiger partial charge in [0.05, 0.1) is 12.0 Å². The van der Waals surface area contributed by atoms with Gasteiger partial charge in [-0.3, -0.25) is 0 Å². The van der Waals surface area contributed by atoms with E-state index in [1.165, 1.54) is 25.7 Å². The molecule has 2 unspecified atom stereocenters.